The van der Waals surface area contributed by atoms with Crippen molar-refractivity contribution >= 4 is 18.0 Å². The third-order valence-electron chi connectivity index (χ3n) is 2.86. The lowest BCUT2D eigenvalue weighted by molar-refractivity contribution is -0.0542. The SMILES string of the molecule is NNc1nc(=S)n([C@@H]2O[C@H](CO)C(O)C2O)cc1O. The minimum Gasteiger partial charge on any atom is -0.503 e. The second-order valence-corrected chi connectivity index (χ2v) is 4.40. The number of aromatic hydroxyl groups is 1. The molecule has 0 spiro atoms. The van der Waals surface area contributed by atoms with Gasteiger partial charge in [-0.1, -0.05) is 0 Å². The molecule has 7 N–H and O–H groups in total. The van der Waals surface area contributed by atoms with Crippen molar-refractivity contribution in [2.24, 2.45) is 5.84 Å². The summed E-state index contributed by atoms with van der Waals surface area (Å²) in [4.78, 5) is 3.80. The quantitative estimate of drug-likeness (QED) is 0.216. The summed E-state index contributed by atoms with van der Waals surface area (Å²) in [7, 11) is 0. The van der Waals surface area contributed by atoms with Gasteiger partial charge in [-0.15, -0.1) is 0 Å². The number of nitrogens with zero attached hydrogens (tertiary/aromatic N) is 2. The highest BCUT2D eigenvalue weighted by atomic mass is 32.1. The third-order valence-corrected chi connectivity index (χ3v) is 3.16. The normalized spacial score (nSPS) is 30.5. The van der Waals surface area contributed by atoms with E-state index in [0.717, 1.165) is 0 Å². The molecule has 0 radical (unpaired) electrons. The molecule has 0 saturated carbocycles. The van der Waals surface area contributed by atoms with Gasteiger partial charge in [-0.25, -0.2) is 5.84 Å². The molecule has 2 heterocycles. The average molecular weight is 290 g/mol. The molecule has 0 aromatic carbocycles. The van der Waals surface area contributed by atoms with Crippen molar-refractivity contribution in [1.82, 2.24) is 9.55 Å². The Balaban J connectivity index is 2.38. The van der Waals surface area contributed by atoms with E-state index in [9.17, 15) is 15.3 Å². The Kier molecular flexibility index (Phi) is 3.99. The number of nitrogen functional groups attached to an aromatic ring is 1. The van der Waals surface area contributed by atoms with Gasteiger partial charge in [0.2, 0.25) is 4.77 Å². The topological polar surface area (TPSA) is 146 Å². The van der Waals surface area contributed by atoms with Crippen LogP contribution in [0.2, 0.25) is 0 Å². The van der Waals surface area contributed by atoms with Crippen molar-refractivity contribution in [2.75, 3.05) is 12.0 Å². The van der Waals surface area contributed by atoms with E-state index >= 15 is 0 Å². The number of hydrazine groups is 1. The second kappa shape index (κ2) is 5.36. The number of aliphatic hydroxyl groups is 3. The summed E-state index contributed by atoms with van der Waals surface area (Å²) in [6.07, 6.45) is -3.38. The summed E-state index contributed by atoms with van der Waals surface area (Å²) in [5.74, 6) is 4.82. The van der Waals surface area contributed by atoms with Crippen LogP contribution in [0.1, 0.15) is 6.23 Å². The molecule has 106 valence electrons. The van der Waals surface area contributed by atoms with Crippen LogP contribution >= 0.6 is 12.2 Å². The first kappa shape index (κ1) is 14.1. The lowest BCUT2D eigenvalue weighted by atomic mass is 10.1. The lowest BCUT2D eigenvalue weighted by Gasteiger charge is -2.19. The summed E-state index contributed by atoms with van der Waals surface area (Å²) in [5.41, 5.74) is 2.16. The molecule has 2 rings (SSSR count). The van der Waals surface area contributed by atoms with Crippen molar-refractivity contribution in [1.29, 1.82) is 0 Å². The molecule has 0 bridgehead atoms. The molecule has 10 heteroatoms. The molecular formula is C9H14N4O5S. The van der Waals surface area contributed by atoms with Gasteiger partial charge in [0.1, 0.15) is 18.3 Å². The first-order valence-corrected chi connectivity index (χ1v) is 5.81. The van der Waals surface area contributed by atoms with Gasteiger partial charge in [-0.05, 0) is 12.2 Å². The number of anilines is 1. The molecule has 1 aromatic rings. The van der Waals surface area contributed by atoms with Crippen LogP contribution in [0.3, 0.4) is 0 Å². The van der Waals surface area contributed by atoms with Gasteiger partial charge in [0.15, 0.2) is 17.8 Å². The number of nitrogens with one attached hydrogen (secondary N) is 1. The molecule has 4 atom stereocenters. The minimum absolute atomic E-state index is 0.0133. The largest absolute Gasteiger partial charge is 0.503 e. The van der Waals surface area contributed by atoms with E-state index in [0.29, 0.717) is 0 Å². The maximum absolute atomic E-state index is 9.85. The fourth-order valence-corrected chi connectivity index (χ4v) is 2.10. The van der Waals surface area contributed by atoms with Crippen LogP contribution in [0.5, 0.6) is 5.75 Å². The minimum atomic E-state index is -1.30. The van der Waals surface area contributed by atoms with E-state index in [1.807, 2.05) is 0 Å². The standard InChI is InChI=1S/C9H14N4O5S/c10-12-7-3(15)1-13(9(19)11-7)8-6(17)5(16)4(2-14)18-8/h1,4-6,8,14-17H,2,10H2,(H,11,12,19)/t4-,5?,6?,8-/m1/s1. The summed E-state index contributed by atoms with van der Waals surface area (Å²) in [6, 6.07) is 0. The Labute approximate surface area is 112 Å². The van der Waals surface area contributed by atoms with Gasteiger partial charge in [0, 0.05) is 0 Å². The van der Waals surface area contributed by atoms with E-state index < -0.39 is 31.1 Å². The number of aromatic nitrogens is 2. The Morgan fingerprint density at radius 2 is 2.16 bits per heavy atom. The molecule has 19 heavy (non-hydrogen) atoms. The van der Waals surface area contributed by atoms with Crippen LogP contribution in [0.25, 0.3) is 0 Å². The highest BCUT2D eigenvalue weighted by Gasteiger charge is 2.43. The molecule has 2 unspecified atom stereocenters. The predicted molar refractivity (Wildman–Crippen MR) is 65.5 cm³/mol. The Hall–Kier alpha value is -1.30. The van der Waals surface area contributed by atoms with Crippen LogP contribution < -0.4 is 11.3 Å². The van der Waals surface area contributed by atoms with Crippen LogP contribution in [0.15, 0.2) is 6.20 Å². The van der Waals surface area contributed by atoms with Gasteiger partial charge in [0.25, 0.3) is 0 Å². The van der Waals surface area contributed by atoms with Gasteiger partial charge in [-0.3, -0.25) is 4.57 Å². The number of hydrogen-bond donors (Lipinski definition) is 6. The maximum Gasteiger partial charge on any atom is 0.203 e. The smallest absolute Gasteiger partial charge is 0.203 e. The van der Waals surface area contributed by atoms with Crippen molar-refractivity contribution in [3.05, 3.63) is 11.0 Å². The van der Waals surface area contributed by atoms with E-state index in [1.54, 1.807) is 0 Å². The fourth-order valence-electron chi connectivity index (χ4n) is 1.86. The van der Waals surface area contributed by atoms with E-state index in [2.05, 4.69) is 10.4 Å². The van der Waals surface area contributed by atoms with Gasteiger partial charge < -0.3 is 30.6 Å². The summed E-state index contributed by atoms with van der Waals surface area (Å²) in [5, 5.41) is 38.1. The highest BCUT2D eigenvalue weighted by molar-refractivity contribution is 7.71. The second-order valence-electron chi connectivity index (χ2n) is 4.04. The molecular weight excluding hydrogens is 276 g/mol. The summed E-state index contributed by atoms with van der Waals surface area (Å²) >= 11 is 4.98. The van der Waals surface area contributed by atoms with E-state index in [-0.39, 0.29) is 16.3 Å². The molecule has 0 amide bonds. The van der Waals surface area contributed by atoms with Gasteiger partial charge >= 0.3 is 0 Å². The summed E-state index contributed by atoms with van der Waals surface area (Å²) in [6.45, 7) is -0.454. The molecule has 9 nitrogen and oxygen atoms in total. The van der Waals surface area contributed by atoms with Gasteiger partial charge in [0.05, 0.1) is 12.8 Å². The predicted octanol–water partition coefficient (Wildman–Crippen LogP) is -1.78. The molecule has 1 fully saturated rings. The number of hydrogen-bond acceptors (Lipinski definition) is 9. The number of ether oxygens (including phenoxy) is 1. The zero-order valence-corrected chi connectivity index (χ0v) is 10.5. The molecule has 1 aliphatic rings. The van der Waals surface area contributed by atoms with Crippen LogP contribution in [0, 0.1) is 4.77 Å². The van der Waals surface area contributed by atoms with E-state index in [4.69, 9.17) is 27.9 Å². The zero-order valence-electron chi connectivity index (χ0n) is 9.67. The Bertz CT molecular complexity index is 524. The van der Waals surface area contributed by atoms with Crippen molar-refractivity contribution in [3.63, 3.8) is 0 Å². The number of nitrogens with two attached hydrogens (primary N) is 1. The molecule has 0 aliphatic carbocycles. The highest BCUT2D eigenvalue weighted by Crippen LogP contribution is 2.31. The van der Waals surface area contributed by atoms with Crippen LogP contribution in [-0.4, -0.2) is 54.9 Å². The van der Waals surface area contributed by atoms with Crippen molar-refractivity contribution in [2.45, 2.75) is 24.5 Å². The van der Waals surface area contributed by atoms with Crippen LogP contribution in [0.4, 0.5) is 5.82 Å². The van der Waals surface area contributed by atoms with E-state index in [1.165, 1.54) is 10.8 Å². The van der Waals surface area contributed by atoms with Crippen molar-refractivity contribution in [3.8, 4) is 5.75 Å². The first-order chi connectivity index (χ1) is 8.99. The average Bonchev–Trinajstić information content (AvgIpc) is 2.68. The Morgan fingerprint density at radius 3 is 2.68 bits per heavy atom. The van der Waals surface area contributed by atoms with Gasteiger partial charge in [-0.2, -0.15) is 4.98 Å². The Morgan fingerprint density at radius 1 is 1.47 bits per heavy atom. The first-order valence-electron chi connectivity index (χ1n) is 5.40. The molecule has 1 aliphatic heterocycles. The monoisotopic (exact) mass is 290 g/mol. The zero-order chi connectivity index (χ0) is 14.2. The number of rotatable bonds is 3. The molecule has 1 saturated heterocycles. The summed E-state index contributed by atoms with van der Waals surface area (Å²) < 4.78 is 6.44. The molecule has 1 aromatic heterocycles. The van der Waals surface area contributed by atoms with Crippen molar-refractivity contribution < 1.29 is 25.2 Å². The third kappa shape index (κ3) is 2.41. The lowest BCUT2D eigenvalue weighted by Crippen LogP contribution is -2.33. The fraction of sp³-hybridized carbons (Fsp3) is 0.556. The van der Waals surface area contributed by atoms with Crippen LogP contribution in [-0.2, 0) is 4.74 Å². The maximum atomic E-state index is 9.85. The number of aliphatic hydroxyl groups excluding tert-OH is 3.